The van der Waals surface area contributed by atoms with Crippen molar-refractivity contribution in [1.29, 1.82) is 0 Å². The number of hydrogen-bond donors (Lipinski definition) is 3. The van der Waals surface area contributed by atoms with E-state index in [9.17, 15) is 22.8 Å². The summed E-state index contributed by atoms with van der Waals surface area (Å²) in [5.74, 6) is -1.04. The molecule has 126 valence electrons. The number of nitrogens with one attached hydrogen (secondary N) is 3. The Labute approximate surface area is 130 Å². The Kier molecular flexibility index (Phi) is 5.22. The van der Waals surface area contributed by atoms with E-state index in [-0.39, 0.29) is 17.9 Å². The number of hydrogen-bond acceptors (Lipinski definition) is 4. The molecular weight excluding hydrogens is 315 g/mol. The number of alkyl halides is 3. The molecule has 1 unspecified atom stereocenters. The minimum absolute atomic E-state index is 0.0858. The fraction of sp³-hybridized carbons (Fsp3) is 0.429. The second kappa shape index (κ2) is 6.97. The molecule has 0 bridgehead atoms. The first-order chi connectivity index (χ1) is 10.8. The molecule has 3 N–H and O–H groups in total. The van der Waals surface area contributed by atoms with Crippen LogP contribution in [0.25, 0.3) is 0 Å². The highest BCUT2D eigenvalue weighted by Crippen LogP contribution is 2.34. The van der Waals surface area contributed by atoms with Crippen LogP contribution in [0.2, 0.25) is 0 Å². The number of halogens is 3. The third kappa shape index (κ3) is 4.67. The monoisotopic (exact) mass is 331 g/mol. The first-order valence-electron chi connectivity index (χ1n) is 6.89. The van der Waals surface area contributed by atoms with E-state index in [0.29, 0.717) is 13.2 Å². The van der Waals surface area contributed by atoms with Gasteiger partial charge in [0.05, 0.1) is 23.5 Å². The lowest BCUT2D eigenvalue weighted by Crippen LogP contribution is -2.45. The number of benzene rings is 1. The van der Waals surface area contributed by atoms with Gasteiger partial charge in [-0.15, -0.1) is 0 Å². The van der Waals surface area contributed by atoms with Gasteiger partial charge in [-0.3, -0.25) is 9.59 Å². The van der Waals surface area contributed by atoms with Crippen LogP contribution in [0.5, 0.6) is 0 Å². The Morgan fingerprint density at radius 1 is 1.26 bits per heavy atom. The number of anilines is 2. The van der Waals surface area contributed by atoms with Crippen molar-refractivity contribution in [2.45, 2.75) is 19.2 Å². The van der Waals surface area contributed by atoms with Crippen LogP contribution in [0.4, 0.5) is 24.5 Å². The SMILES string of the molecule is CC(=O)Nc1ccc(C(F)(F)F)cc1NC(=O)C1CNCCO1. The molecule has 1 heterocycles. The molecule has 1 atom stereocenters. The predicted octanol–water partition coefficient (Wildman–Crippen LogP) is 1.59. The summed E-state index contributed by atoms with van der Waals surface area (Å²) in [5, 5.41) is 7.71. The van der Waals surface area contributed by atoms with E-state index in [1.165, 1.54) is 6.92 Å². The molecule has 9 heteroatoms. The van der Waals surface area contributed by atoms with Gasteiger partial charge in [-0.2, -0.15) is 13.2 Å². The first-order valence-corrected chi connectivity index (χ1v) is 6.89. The second-order valence-corrected chi connectivity index (χ2v) is 4.99. The summed E-state index contributed by atoms with van der Waals surface area (Å²) in [6.45, 7) is 2.42. The van der Waals surface area contributed by atoms with E-state index in [4.69, 9.17) is 4.74 Å². The van der Waals surface area contributed by atoms with Crippen molar-refractivity contribution in [3.63, 3.8) is 0 Å². The molecule has 1 fully saturated rings. The van der Waals surface area contributed by atoms with Gasteiger partial charge in [0, 0.05) is 20.0 Å². The molecule has 6 nitrogen and oxygen atoms in total. The quantitative estimate of drug-likeness (QED) is 0.786. The standard InChI is InChI=1S/C14H16F3N3O3/c1-8(21)19-10-3-2-9(14(15,16)17)6-11(10)20-13(22)12-7-18-4-5-23-12/h2-3,6,12,18H,4-5,7H2,1H3,(H,19,21)(H,20,22). The maximum atomic E-state index is 12.8. The Bertz CT molecular complexity index is 599. The molecule has 0 saturated carbocycles. The Morgan fingerprint density at radius 2 is 2.00 bits per heavy atom. The van der Waals surface area contributed by atoms with Gasteiger partial charge in [-0.05, 0) is 18.2 Å². The zero-order valence-electron chi connectivity index (χ0n) is 12.3. The molecule has 1 aliphatic rings. The summed E-state index contributed by atoms with van der Waals surface area (Å²) in [5.41, 5.74) is -0.971. The molecule has 1 aromatic rings. The molecule has 2 amide bonds. The number of carbonyl (C=O) groups is 2. The fourth-order valence-electron chi connectivity index (χ4n) is 2.07. The summed E-state index contributed by atoms with van der Waals surface area (Å²) in [4.78, 5) is 23.3. The topological polar surface area (TPSA) is 79.5 Å². The van der Waals surface area contributed by atoms with Crippen LogP contribution in [0, 0.1) is 0 Å². The Balaban J connectivity index is 2.25. The smallest absolute Gasteiger partial charge is 0.366 e. The second-order valence-electron chi connectivity index (χ2n) is 4.99. The highest BCUT2D eigenvalue weighted by Gasteiger charge is 2.32. The van der Waals surface area contributed by atoms with Crippen LogP contribution in [0.15, 0.2) is 18.2 Å². The molecule has 0 spiro atoms. The van der Waals surface area contributed by atoms with Crippen LogP contribution in [-0.2, 0) is 20.5 Å². The fourth-order valence-corrected chi connectivity index (χ4v) is 2.07. The summed E-state index contributed by atoms with van der Waals surface area (Å²) < 4.78 is 43.7. The van der Waals surface area contributed by atoms with Crippen molar-refractivity contribution in [2.75, 3.05) is 30.3 Å². The minimum Gasteiger partial charge on any atom is -0.366 e. The van der Waals surface area contributed by atoms with Crippen LogP contribution in [0.3, 0.4) is 0 Å². The van der Waals surface area contributed by atoms with Crippen molar-refractivity contribution >= 4 is 23.2 Å². The highest BCUT2D eigenvalue weighted by molar-refractivity contribution is 6.00. The van der Waals surface area contributed by atoms with Crippen LogP contribution in [-0.4, -0.2) is 37.6 Å². The normalized spacial score (nSPS) is 18.3. The van der Waals surface area contributed by atoms with E-state index in [2.05, 4.69) is 16.0 Å². The van der Waals surface area contributed by atoms with Gasteiger partial charge in [0.1, 0.15) is 6.10 Å². The third-order valence-corrected chi connectivity index (χ3v) is 3.14. The van der Waals surface area contributed by atoms with Crippen LogP contribution >= 0.6 is 0 Å². The summed E-state index contributed by atoms with van der Waals surface area (Å²) in [6.07, 6.45) is -5.36. The minimum atomic E-state index is -4.56. The number of carbonyl (C=O) groups excluding carboxylic acids is 2. The van der Waals surface area contributed by atoms with Crippen molar-refractivity contribution in [3.05, 3.63) is 23.8 Å². The van der Waals surface area contributed by atoms with Crippen molar-refractivity contribution in [1.82, 2.24) is 5.32 Å². The van der Waals surface area contributed by atoms with Crippen molar-refractivity contribution in [2.24, 2.45) is 0 Å². The third-order valence-electron chi connectivity index (χ3n) is 3.14. The Morgan fingerprint density at radius 3 is 2.57 bits per heavy atom. The van der Waals surface area contributed by atoms with E-state index in [1.54, 1.807) is 0 Å². The lowest BCUT2D eigenvalue weighted by atomic mass is 10.1. The van der Waals surface area contributed by atoms with Crippen molar-refractivity contribution < 1.29 is 27.5 Å². The first kappa shape index (κ1) is 17.2. The molecule has 2 rings (SSSR count). The zero-order chi connectivity index (χ0) is 17.0. The van der Waals surface area contributed by atoms with Gasteiger partial charge in [0.25, 0.3) is 5.91 Å². The summed E-state index contributed by atoms with van der Waals surface area (Å²) >= 11 is 0. The van der Waals surface area contributed by atoms with Gasteiger partial charge < -0.3 is 20.7 Å². The highest BCUT2D eigenvalue weighted by atomic mass is 19.4. The Hall–Kier alpha value is -2.13. The number of rotatable bonds is 3. The van der Waals surface area contributed by atoms with E-state index >= 15 is 0 Å². The summed E-state index contributed by atoms with van der Waals surface area (Å²) in [6, 6.07) is 2.71. The van der Waals surface area contributed by atoms with Crippen LogP contribution in [0.1, 0.15) is 12.5 Å². The molecule has 23 heavy (non-hydrogen) atoms. The number of amides is 2. The average Bonchev–Trinajstić information content (AvgIpc) is 2.48. The molecule has 1 aromatic carbocycles. The number of morpholine rings is 1. The molecule has 1 aliphatic heterocycles. The molecule has 0 aliphatic carbocycles. The average molecular weight is 331 g/mol. The van der Waals surface area contributed by atoms with Crippen LogP contribution < -0.4 is 16.0 Å². The van der Waals surface area contributed by atoms with E-state index in [1.807, 2.05) is 0 Å². The predicted molar refractivity (Wildman–Crippen MR) is 77.0 cm³/mol. The molecular formula is C14H16F3N3O3. The zero-order valence-corrected chi connectivity index (χ0v) is 12.3. The van der Waals surface area contributed by atoms with Gasteiger partial charge in [0.15, 0.2) is 0 Å². The van der Waals surface area contributed by atoms with E-state index < -0.39 is 29.7 Å². The number of ether oxygens (including phenoxy) is 1. The van der Waals surface area contributed by atoms with E-state index in [0.717, 1.165) is 18.2 Å². The lowest BCUT2D eigenvalue weighted by molar-refractivity contribution is -0.137. The van der Waals surface area contributed by atoms with Gasteiger partial charge >= 0.3 is 6.18 Å². The molecule has 0 aromatic heterocycles. The largest absolute Gasteiger partial charge is 0.416 e. The molecule has 1 saturated heterocycles. The molecule has 0 radical (unpaired) electrons. The maximum absolute atomic E-state index is 12.8. The van der Waals surface area contributed by atoms with Gasteiger partial charge in [0.2, 0.25) is 5.91 Å². The van der Waals surface area contributed by atoms with Gasteiger partial charge in [-0.1, -0.05) is 0 Å². The summed E-state index contributed by atoms with van der Waals surface area (Å²) in [7, 11) is 0. The maximum Gasteiger partial charge on any atom is 0.416 e. The van der Waals surface area contributed by atoms with Crippen molar-refractivity contribution in [3.8, 4) is 0 Å². The lowest BCUT2D eigenvalue weighted by Gasteiger charge is -2.23. The van der Waals surface area contributed by atoms with Gasteiger partial charge in [-0.25, -0.2) is 0 Å².